The molecule has 1 atom stereocenters. The highest BCUT2D eigenvalue weighted by Crippen LogP contribution is 2.13. The average molecular weight is 511 g/mol. The SMILES string of the molecule is CCCCC=CCCCCCCCC(=O)OCC(CO)OC(=O)CCCCCCCCCCCCC. The van der Waals surface area contributed by atoms with Crippen molar-refractivity contribution in [1.82, 2.24) is 0 Å². The first-order chi connectivity index (χ1) is 17.6. The van der Waals surface area contributed by atoms with Crippen molar-refractivity contribution in [2.75, 3.05) is 13.2 Å². The number of ether oxygens (including phenoxy) is 2. The van der Waals surface area contributed by atoms with E-state index in [1.54, 1.807) is 0 Å². The van der Waals surface area contributed by atoms with Crippen molar-refractivity contribution in [3.63, 3.8) is 0 Å². The molecule has 0 aromatic rings. The van der Waals surface area contributed by atoms with E-state index in [0.717, 1.165) is 44.9 Å². The Bertz CT molecular complexity index is 517. The standard InChI is InChI=1S/C31H58O5/c1-3-5-7-9-11-13-15-17-19-21-23-25-30(33)35-28-29(27-32)36-31(34)26-24-22-20-18-16-14-12-10-8-6-4-2/h9,11,29,32H,3-8,10,12-28H2,1-2H3. The number of rotatable bonds is 27. The first-order valence-electron chi connectivity index (χ1n) is 15.2. The van der Waals surface area contributed by atoms with Crippen molar-refractivity contribution >= 4 is 11.9 Å². The van der Waals surface area contributed by atoms with E-state index in [2.05, 4.69) is 26.0 Å². The number of hydrogen-bond donors (Lipinski definition) is 1. The molecule has 0 amide bonds. The predicted molar refractivity (Wildman–Crippen MR) is 150 cm³/mol. The highest BCUT2D eigenvalue weighted by atomic mass is 16.6. The Balaban J connectivity index is 3.60. The van der Waals surface area contributed by atoms with Gasteiger partial charge in [-0.2, -0.15) is 0 Å². The summed E-state index contributed by atoms with van der Waals surface area (Å²) >= 11 is 0. The van der Waals surface area contributed by atoms with Crippen LogP contribution in [0.2, 0.25) is 0 Å². The second-order valence-corrected chi connectivity index (χ2v) is 10.2. The number of carbonyl (C=O) groups is 2. The number of unbranched alkanes of at least 4 members (excludes halogenated alkanes) is 17. The van der Waals surface area contributed by atoms with Gasteiger partial charge in [-0.1, -0.05) is 122 Å². The number of aliphatic hydroxyl groups is 1. The van der Waals surface area contributed by atoms with Crippen LogP contribution in [-0.2, 0) is 19.1 Å². The summed E-state index contributed by atoms with van der Waals surface area (Å²) in [5.41, 5.74) is 0. The minimum absolute atomic E-state index is 0.0658. The van der Waals surface area contributed by atoms with Gasteiger partial charge in [-0.15, -0.1) is 0 Å². The molecule has 5 heteroatoms. The Morgan fingerprint density at radius 2 is 1.06 bits per heavy atom. The van der Waals surface area contributed by atoms with Gasteiger partial charge in [-0.05, 0) is 32.1 Å². The molecular weight excluding hydrogens is 452 g/mol. The largest absolute Gasteiger partial charge is 0.462 e. The molecule has 36 heavy (non-hydrogen) atoms. The number of aliphatic hydroxyl groups excluding tert-OH is 1. The van der Waals surface area contributed by atoms with E-state index >= 15 is 0 Å². The van der Waals surface area contributed by atoms with Crippen LogP contribution in [0, 0.1) is 0 Å². The van der Waals surface area contributed by atoms with Gasteiger partial charge in [-0.25, -0.2) is 0 Å². The smallest absolute Gasteiger partial charge is 0.306 e. The van der Waals surface area contributed by atoms with Crippen molar-refractivity contribution in [3.8, 4) is 0 Å². The van der Waals surface area contributed by atoms with Crippen LogP contribution in [-0.4, -0.2) is 36.4 Å². The van der Waals surface area contributed by atoms with E-state index in [4.69, 9.17) is 9.47 Å². The highest BCUT2D eigenvalue weighted by molar-refractivity contribution is 5.70. The second kappa shape index (κ2) is 28.2. The third-order valence-electron chi connectivity index (χ3n) is 6.56. The maximum atomic E-state index is 12.0. The third-order valence-corrected chi connectivity index (χ3v) is 6.56. The molecule has 0 rings (SSSR count). The van der Waals surface area contributed by atoms with Crippen LogP contribution < -0.4 is 0 Å². The van der Waals surface area contributed by atoms with Crippen molar-refractivity contribution in [3.05, 3.63) is 12.2 Å². The third kappa shape index (κ3) is 25.7. The summed E-state index contributed by atoms with van der Waals surface area (Å²) in [5.74, 6) is -0.602. The van der Waals surface area contributed by atoms with Gasteiger partial charge in [0.05, 0.1) is 6.61 Å². The molecule has 5 nitrogen and oxygen atoms in total. The van der Waals surface area contributed by atoms with E-state index in [1.165, 1.54) is 83.5 Å². The minimum Gasteiger partial charge on any atom is -0.462 e. The molecule has 0 saturated carbocycles. The van der Waals surface area contributed by atoms with Crippen LogP contribution in [0.3, 0.4) is 0 Å². The lowest BCUT2D eigenvalue weighted by atomic mass is 10.1. The van der Waals surface area contributed by atoms with Gasteiger partial charge in [0.2, 0.25) is 0 Å². The minimum atomic E-state index is -0.764. The molecule has 0 spiro atoms. The van der Waals surface area contributed by atoms with Crippen molar-refractivity contribution in [2.45, 2.75) is 161 Å². The monoisotopic (exact) mass is 510 g/mol. The van der Waals surface area contributed by atoms with Crippen molar-refractivity contribution < 1.29 is 24.2 Å². The fourth-order valence-corrected chi connectivity index (χ4v) is 4.18. The van der Waals surface area contributed by atoms with Gasteiger partial charge >= 0.3 is 11.9 Å². The second-order valence-electron chi connectivity index (χ2n) is 10.2. The number of esters is 2. The summed E-state index contributed by atoms with van der Waals surface area (Å²) in [4.78, 5) is 24.0. The lowest BCUT2D eigenvalue weighted by Gasteiger charge is -2.15. The van der Waals surface area contributed by atoms with E-state index in [0.29, 0.717) is 12.8 Å². The number of carbonyl (C=O) groups excluding carboxylic acids is 2. The molecule has 0 aromatic heterocycles. The lowest BCUT2D eigenvalue weighted by molar-refractivity contribution is -0.161. The predicted octanol–water partition coefficient (Wildman–Crippen LogP) is 8.61. The average Bonchev–Trinajstić information content (AvgIpc) is 2.88. The molecule has 1 unspecified atom stereocenters. The Labute approximate surface area is 222 Å². The van der Waals surface area contributed by atoms with Crippen LogP contribution in [0.1, 0.15) is 155 Å². The molecule has 0 aliphatic carbocycles. The van der Waals surface area contributed by atoms with E-state index in [-0.39, 0.29) is 25.2 Å². The molecular formula is C31H58O5. The molecule has 0 aliphatic rings. The molecule has 0 radical (unpaired) electrons. The summed E-state index contributed by atoms with van der Waals surface area (Å²) in [5, 5.41) is 9.45. The molecule has 0 heterocycles. The van der Waals surface area contributed by atoms with Crippen LogP contribution in [0.25, 0.3) is 0 Å². The normalized spacial score (nSPS) is 12.2. The fourth-order valence-electron chi connectivity index (χ4n) is 4.18. The van der Waals surface area contributed by atoms with Crippen LogP contribution in [0.5, 0.6) is 0 Å². The summed E-state index contributed by atoms with van der Waals surface area (Å²) in [6.07, 6.45) is 28.3. The van der Waals surface area contributed by atoms with Gasteiger partial charge in [0.25, 0.3) is 0 Å². The fraction of sp³-hybridized carbons (Fsp3) is 0.871. The van der Waals surface area contributed by atoms with Gasteiger partial charge < -0.3 is 14.6 Å². The van der Waals surface area contributed by atoms with Gasteiger partial charge in [0.15, 0.2) is 6.10 Å². The molecule has 0 aromatic carbocycles. The maximum absolute atomic E-state index is 12.0. The van der Waals surface area contributed by atoms with Gasteiger partial charge in [0.1, 0.15) is 6.61 Å². The van der Waals surface area contributed by atoms with Gasteiger partial charge in [-0.3, -0.25) is 9.59 Å². The van der Waals surface area contributed by atoms with Crippen molar-refractivity contribution in [2.24, 2.45) is 0 Å². The zero-order chi connectivity index (χ0) is 26.5. The highest BCUT2D eigenvalue weighted by Gasteiger charge is 2.16. The van der Waals surface area contributed by atoms with Gasteiger partial charge in [0, 0.05) is 12.8 Å². The number of allylic oxidation sites excluding steroid dienone is 2. The van der Waals surface area contributed by atoms with E-state index in [1.807, 2.05) is 0 Å². The van der Waals surface area contributed by atoms with Crippen LogP contribution in [0.4, 0.5) is 0 Å². The Morgan fingerprint density at radius 3 is 1.58 bits per heavy atom. The summed E-state index contributed by atoms with van der Waals surface area (Å²) in [6.45, 7) is 4.06. The Morgan fingerprint density at radius 1 is 0.611 bits per heavy atom. The Hall–Kier alpha value is -1.36. The number of hydrogen-bond acceptors (Lipinski definition) is 5. The Kier molecular flexibility index (Phi) is 27.1. The summed E-state index contributed by atoms with van der Waals surface area (Å²) in [6, 6.07) is 0. The zero-order valence-corrected chi connectivity index (χ0v) is 23.8. The summed E-state index contributed by atoms with van der Waals surface area (Å²) < 4.78 is 10.5. The topological polar surface area (TPSA) is 72.8 Å². The molecule has 0 bridgehead atoms. The first-order valence-corrected chi connectivity index (χ1v) is 15.2. The lowest BCUT2D eigenvalue weighted by Crippen LogP contribution is -2.28. The van der Waals surface area contributed by atoms with E-state index < -0.39 is 6.10 Å². The first kappa shape index (κ1) is 34.6. The maximum Gasteiger partial charge on any atom is 0.306 e. The van der Waals surface area contributed by atoms with Crippen molar-refractivity contribution in [1.29, 1.82) is 0 Å². The molecule has 1 N–H and O–H groups in total. The van der Waals surface area contributed by atoms with Crippen LogP contribution in [0.15, 0.2) is 12.2 Å². The quantitative estimate of drug-likeness (QED) is 0.0680. The summed E-state index contributed by atoms with van der Waals surface area (Å²) in [7, 11) is 0. The van der Waals surface area contributed by atoms with E-state index in [9.17, 15) is 14.7 Å². The molecule has 0 fully saturated rings. The molecule has 0 saturated heterocycles. The molecule has 212 valence electrons. The molecule has 0 aliphatic heterocycles. The van der Waals surface area contributed by atoms with Crippen LogP contribution >= 0.6 is 0 Å². The zero-order valence-electron chi connectivity index (χ0n) is 23.8.